The topological polar surface area (TPSA) is 92.4 Å². The molecule has 1 heterocycles. The second-order valence-electron chi connectivity index (χ2n) is 10.6. The summed E-state index contributed by atoms with van der Waals surface area (Å²) < 4.78 is 5.88. The van der Waals surface area contributed by atoms with Gasteiger partial charge in [-0.15, -0.1) is 0 Å². The highest BCUT2D eigenvalue weighted by molar-refractivity contribution is 5.92. The Morgan fingerprint density at radius 3 is 2.52 bits per heavy atom. The summed E-state index contributed by atoms with van der Waals surface area (Å²) in [5.41, 5.74) is 4.68. The number of amides is 1. The van der Waals surface area contributed by atoms with Gasteiger partial charge in [0.2, 0.25) is 5.91 Å². The molecule has 0 aliphatic heterocycles. The third kappa shape index (κ3) is 5.48. The smallest absolute Gasteiger partial charge is 0.304 e. The van der Waals surface area contributed by atoms with Crippen LogP contribution < -0.4 is 5.32 Å². The van der Waals surface area contributed by atoms with Gasteiger partial charge >= 0.3 is 5.97 Å². The van der Waals surface area contributed by atoms with Gasteiger partial charge in [-0.3, -0.25) is 9.59 Å². The molecule has 0 spiro atoms. The van der Waals surface area contributed by atoms with Crippen molar-refractivity contribution in [2.45, 2.75) is 90.4 Å². The predicted molar refractivity (Wildman–Crippen MR) is 128 cm³/mol. The Bertz CT molecular complexity index is 1020. The van der Waals surface area contributed by atoms with E-state index in [0.29, 0.717) is 23.4 Å². The molecule has 178 valence electrons. The van der Waals surface area contributed by atoms with E-state index in [1.807, 2.05) is 32.0 Å². The number of carbonyl (C=O) groups is 2. The SMILES string of the molecule is Cc1cccc(NC(=O)CC(CC(=O)O)c2noc(C3CC(CC(C)C)C3)c2C2CC2)c1C. The summed E-state index contributed by atoms with van der Waals surface area (Å²) in [5, 5.41) is 16.9. The number of rotatable bonds is 10. The van der Waals surface area contributed by atoms with Crippen LogP contribution in [-0.4, -0.2) is 22.1 Å². The monoisotopic (exact) mass is 452 g/mol. The number of benzene rings is 1. The van der Waals surface area contributed by atoms with Crippen molar-refractivity contribution < 1.29 is 19.2 Å². The van der Waals surface area contributed by atoms with E-state index in [0.717, 1.165) is 59.7 Å². The number of nitrogens with one attached hydrogen (secondary N) is 1. The lowest BCUT2D eigenvalue weighted by Gasteiger charge is -2.35. The third-order valence-electron chi connectivity index (χ3n) is 7.30. The molecule has 2 aromatic rings. The number of nitrogens with zero attached hydrogens (tertiary/aromatic N) is 1. The molecule has 33 heavy (non-hydrogen) atoms. The maximum absolute atomic E-state index is 12.9. The highest BCUT2D eigenvalue weighted by atomic mass is 16.5. The summed E-state index contributed by atoms with van der Waals surface area (Å²) >= 11 is 0. The van der Waals surface area contributed by atoms with Crippen LogP contribution >= 0.6 is 0 Å². The second-order valence-corrected chi connectivity index (χ2v) is 10.6. The molecule has 0 bridgehead atoms. The molecule has 2 aliphatic carbocycles. The number of aryl methyl sites for hydroxylation is 1. The second kappa shape index (κ2) is 9.70. The van der Waals surface area contributed by atoms with Crippen molar-refractivity contribution in [3.63, 3.8) is 0 Å². The Balaban J connectivity index is 1.52. The zero-order valence-electron chi connectivity index (χ0n) is 20.2. The number of hydrogen-bond donors (Lipinski definition) is 2. The molecule has 1 atom stereocenters. The highest BCUT2D eigenvalue weighted by Crippen LogP contribution is 2.52. The first kappa shape index (κ1) is 23.5. The Morgan fingerprint density at radius 1 is 1.15 bits per heavy atom. The maximum atomic E-state index is 12.9. The van der Waals surface area contributed by atoms with Gasteiger partial charge in [-0.2, -0.15) is 0 Å². The molecule has 6 heteroatoms. The van der Waals surface area contributed by atoms with Gasteiger partial charge in [0.05, 0.1) is 12.1 Å². The van der Waals surface area contributed by atoms with E-state index in [9.17, 15) is 14.7 Å². The van der Waals surface area contributed by atoms with E-state index in [1.165, 1.54) is 6.42 Å². The fraction of sp³-hybridized carbons (Fsp3) is 0.593. The van der Waals surface area contributed by atoms with Crippen LogP contribution in [-0.2, 0) is 9.59 Å². The molecule has 0 saturated heterocycles. The number of carbonyl (C=O) groups excluding carboxylic acids is 1. The Morgan fingerprint density at radius 2 is 1.88 bits per heavy atom. The van der Waals surface area contributed by atoms with Gasteiger partial charge in [0.1, 0.15) is 5.76 Å². The number of carboxylic acids is 1. The maximum Gasteiger partial charge on any atom is 0.304 e. The van der Waals surface area contributed by atoms with Gasteiger partial charge in [0.25, 0.3) is 0 Å². The van der Waals surface area contributed by atoms with Crippen LogP contribution in [0.3, 0.4) is 0 Å². The van der Waals surface area contributed by atoms with Gasteiger partial charge in [0, 0.05) is 29.5 Å². The van der Waals surface area contributed by atoms with Gasteiger partial charge in [-0.05, 0) is 80.9 Å². The van der Waals surface area contributed by atoms with Crippen molar-refractivity contribution in [3.8, 4) is 0 Å². The third-order valence-corrected chi connectivity index (χ3v) is 7.30. The van der Waals surface area contributed by atoms with Crippen molar-refractivity contribution in [1.29, 1.82) is 0 Å². The molecule has 1 aromatic carbocycles. The molecule has 0 radical (unpaired) electrons. The summed E-state index contributed by atoms with van der Waals surface area (Å²) in [4.78, 5) is 24.6. The van der Waals surface area contributed by atoms with Crippen LogP contribution in [0.15, 0.2) is 22.7 Å². The van der Waals surface area contributed by atoms with E-state index in [-0.39, 0.29) is 18.7 Å². The molecule has 2 saturated carbocycles. The number of anilines is 1. The lowest BCUT2D eigenvalue weighted by Crippen LogP contribution is -2.24. The van der Waals surface area contributed by atoms with Crippen LogP contribution in [0.1, 0.15) is 105 Å². The van der Waals surface area contributed by atoms with Crippen LogP contribution in [0.5, 0.6) is 0 Å². The standard InChI is InChI=1S/C27H36N2O4/c1-15(2)10-18-11-21(12-18)27-25(19-8-9-19)26(29-33-27)20(14-24(31)32)13-23(30)28-22-7-5-6-16(3)17(22)4/h5-7,15,18-21H,8-14H2,1-4H3,(H,28,30)(H,31,32). The van der Waals surface area contributed by atoms with Crippen molar-refractivity contribution in [2.24, 2.45) is 11.8 Å². The largest absolute Gasteiger partial charge is 0.481 e. The minimum atomic E-state index is -0.925. The van der Waals surface area contributed by atoms with Crippen molar-refractivity contribution in [1.82, 2.24) is 5.16 Å². The van der Waals surface area contributed by atoms with E-state index in [2.05, 4.69) is 24.3 Å². The van der Waals surface area contributed by atoms with Crippen molar-refractivity contribution in [3.05, 3.63) is 46.3 Å². The Kier molecular flexibility index (Phi) is 6.91. The first-order valence-corrected chi connectivity index (χ1v) is 12.3. The molecule has 1 aromatic heterocycles. The minimum absolute atomic E-state index is 0.0754. The average molecular weight is 453 g/mol. The zero-order valence-corrected chi connectivity index (χ0v) is 20.2. The quantitative estimate of drug-likeness (QED) is 0.441. The predicted octanol–water partition coefficient (Wildman–Crippen LogP) is 6.30. The fourth-order valence-corrected chi connectivity index (χ4v) is 5.29. The van der Waals surface area contributed by atoms with Crippen LogP contribution in [0, 0.1) is 25.7 Å². The van der Waals surface area contributed by atoms with E-state index >= 15 is 0 Å². The fourth-order valence-electron chi connectivity index (χ4n) is 5.29. The summed E-state index contributed by atoms with van der Waals surface area (Å²) in [6.45, 7) is 8.49. The first-order chi connectivity index (χ1) is 15.7. The van der Waals surface area contributed by atoms with Crippen molar-refractivity contribution in [2.75, 3.05) is 5.32 Å². The van der Waals surface area contributed by atoms with Crippen LogP contribution in [0.2, 0.25) is 0 Å². The lowest BCUT2D eigenvalue weighted by molar-refractivity contribution is -0.137. The van der Waals surface area contributed by atoms with Crippen LogP contribution in [0.25, 0.3) is 0 Å². The summed E-state index contributed by atoms with van der Waals surface area (Å²) in [6.07, 6.45) is 5.57. The van der Waals surface area contributed by atoms with Crippen LogP contribution in [0.4, 0.5) is 5.69 Å². The minimum Gasteiger partial charge on any atom is -0.481 e. The van der Waals surface area contributed by atoms with Gasteiger partial charge in [-0.25, -0.2) is 0 Å². The normalized spacial score (nSPS) is 21.0. The van der Waals surface area contributed by atoms with Crippen molar-refractivity contribution >= 4 is 17.6 Å². The van der Waals surface area contributed by atoms with Gasteiger partial charge in [0.15, 0.2) is 0 Å². The molecule has 1 amide bonds. The highest BCUT2D eigenvalue weighted by Gasteiger charge is 2.42. The first-order valence-electron chi connectivity index (χ1n) is 12.3. The molecule has 2 aliphatic rings. The van der Waals surface area contributed by atoms with Gasteiger partial charge in [-0.1, -0.05) is 31.1 Å². The number of aliphatic carboxylic acids is 1. The van der Waals surface area contributed by atoms with E-state index in [1.54, 1.807) is 0 Å². The molecule has 6 nitrogen and oxygen atoms in total. The molecule has 1 unspecified atom stereocenters. The summed E-state index contributed by atoms with van der Waals surface area (Å²) in [7, 11) is 0. The number of aromatic nitrogens is 1. The molecule has 2 fully saturated rings. The molecular formula is C27H36N2O4. The van der Waals surface area contributed by atoms with E-state index in [4.69, 9.17) is 4.52 Å². The van der Waals surface area contributed by atoms with Gasteiger partial charge < -0.3 is 14.9 Å². The lowest BCUT2D eigenvalue weighted by atomic mass is 9.69. The summed E-state index contributed by atoms with van der Waals surface area (Å²) in [6, 6.07) is 5.79. The molecule has 2 N–H and O–H groups in total. The summed E-state index contributed by atoms with van der Waals surface area (Å²) in [5.74, 6) is 1.54. The zero-order chi connectivity index (χ0) is 23.7. The molecular weight excluding hydrogens is 416 g/mol. The molecule has 4 rings (SSSR count). The average Bonchev–Trinajstić information content (AvgIpc) is 3.45. The Labute approximate surface area is 196 Å². The van der Waals surface area contributed by atoms with E-state index < -0.39 is 11.9 Å². The Hall–Kier alpha value is -2.63. The number of carboxylic acid groups (broad SMARTS) is 1. The number of hydrogen-bond acceptors (Lipinski definition) is 4.